The number of carbonyl (C=O) groups is 2. The third kappa shape index (κ3) is 3.23. The topological polar surface area (TPSA) is 72.6 Å². The Bertz CT molecular complexity index is 376. The summed E-state index contributed by atoms with van der Waals surface area (Å²) in [5.41, 5.74) is 5.03. The summed E-state index contributed by atoms with van der Waals surface area (Å²) in [6.07, 6.45) is 3.22. The second-order valence-electron chi connectivity index (χ2n) is 5.26. The number of amides is 1. The van der Waals surface area contributed by atoms with Crippen molar-refractivity contribution in [1.82, 2.24) is 4.90 Å². The van der Waals surface area contributed by atoms with Gasteiger partial charge in [0.2, 0.25) is 5.91 Å². The SMILES string of the molecule is COC(=O)CN(C(=O)C1(C(N)=S)CCCC1)C(C)C. The van der Waals surface area contributed by atoms with Gasteiger partial charge in [-0.2, -0.15) is 0 Å². The van der Waals surface area contributed by atoms with Crippen molar-refractivity contribution in [3.05, 3.63) is 0 Å². The van der Waals surface area contributed by atoms with Crippen LogP contribution >= 0.6 is 12.2 Å². The number of nitrogens with two attached hydrogens (primary N) is 1. The van der Waals surface area contributed by atoms with Crippen molar-refractivity contribution in [1.29, 1.82) is 0 Å². The van der Waals surface area contributed by atoms with E-state index in [2.05, 4.69) is 4.74 Å². The van der Waals surface area contributed by atoms with E-state index in [1.165, 1.54) is 12.0 Å². The van der Waals surface area contributed by atoms with E-state index in [1.807, 2.05) is 13.8 Å². The Kier molecular flexibility index (Phi) is 5.29. The lowest BCUT2D eigenvalue weighted by Crippen LogP contribution is -2.52. The molecule has 0 aromatic carbocycles. The highest BCUT2D eigenvalue weighted by Crippen LogP contribution is 2.40. The molecule has 1 amide bonds. The molecule has 5 nitrogen and oxygen atoms in total. The maximum atomic E-state index is 12.8. The summed E-state index contributed by atoms with van der Waals surface area (Å²) in [4.78, 5) is 25.9. The van der Waals surface area contributed by atoms with Crippen molar-refractivity contribution in [2.75, 3.05) is 13.7 Å². The van der Waals surface area contributed by atoms with Crippen LogP contribution < -0.4 is 5.73 Å². The number of hydrogen-bond donors (Lipinski definition) is 1. The summed E-state index contributed by atoms with van der Waals surface area (Å²) >= 11 is 5.11. The molecule has 0 atom stereocenters. The monoisotopic (exact) mass is 286 g/mol. The summed E-state index contributed by atoms with van der Waals surface area (Å²) in [7, 11) is 1.31. The average molecular weight is 286 g/mol. The van der Waals surface area contributed by atoms with Gasteiger partial charge in [-0.25, -0.2) is 0 Å². The number of carbonyl (C=O) groups excluding carboxylic acids is 2. The maximum Gasteiger partial charge on any atom is 0.325 e. The average Bonchev–Trinajstić information content (AvgIpc) is 2.84. The number of methoxy groups -OCH3 is 1. The van der Waals surface area contributed by atoms with Gasteiger partial charge in [0.05, 0.1) is 17.5 Å². The van der Waals surface area contributed by atoms with Crippen LogP contribution in [-0.4, -0.2) is 41.5 Å². The molecule has 0 aliphatic heterocycles. The molecule has 0 spiro atoms. The van der Waals surface area contributed by atoms with Gasteiger partial charge in [0.1, 0.15) is 6.54 Å². The molecule has 0 aromatic heterocycles. The Morgan fingerprint density at radius 2 is 1.89 bits per heavy atom. The number of thiocarbonyl (C=S) groups is 1. The van der Waals surface area contributed by atoms with Gasteiger partial charge in [-0.05, 0) is 26.7 Å². The van der Waals surface area contributed by atoms with Crippen LogP contribution in [0.4, 0.5) is 0 Å². The molecule has 6 heteroatoms. The first-order valence-corrected chi connectivity index (χ1v) is 6.94. The molecule has 1 fully saturated rings. The van der Waals surface area contributed by atoms with Crippen molar-refractivity contribution in [3.8, 4) is 0 Å². The highest BCUT2D eigenvalue weighted by Gasteiger charge is 2.46. The first kappa shape index (κ1) is 15.9. The molecule has 0 unspecified atom stereocenters. The van der Waals surface area contributed by atoms with Crippen LogP contribution in [0.5, 0.6) is 0 Å². The van der Waals surface area contributed by atoms with Crippen molar-refractivity contribution < 1.29 is 14.3 Å². The van der Waals surface area contributed by atoms with Crippen LogP contribution in [0.1, 0.15) is 39.5 Å². The Morgan fingerprint density at radius 3 is 2.26 bits per heavy atom. The van der Waals surface area contributed by atoms with E-state index in [4.69, 9.17) is 18.0 Å². The summed E-state index contributed by atoms with van der Waals surface area (Å²) in [5, 5.41) is 0. The van der Waals surface area contributed by atoms with Crippen molar-refractivity contribution in [3.63, 3.8) is 0 Å². The predicted octanol–water partition coefficient (Wildman–Crippen LogP) is 1.24. The van der Waals surface area contributed by atoms with E-state index >= 15 is 0 Å². The first-order valence-electron chi connectivity index (χ1n) is 6.53. The maximum absolute atomic E-state index is 12.8. The predicted molar refractivity (Wildman–Crippen MR) is 76.6 cm³/mol. The van der Waals surface area contributed by atoms with E-state index in [-0.39, 0.29) is 23.5 Å². The molecule has 1 saturated carbocycles. The fourth-order valence-electron chi connectivity index (χ4n) is 2.51. The van der Waals surface area contributed by atoms with Gasteiger partial charge in [-0.3, -0.25) is 9.59 Å². The fourth-order valence-corrected chi connectivity index (χ4v) is 2.80. The van der Waals surface area contributed by atoms with Crippen LogP contribution in [0.25, 0.3) is 0 Å². The van der Waals surface area contributed by atoms with Crippen LogP contribution in [0, 0.1) is 5.41 Å². The number of nitrogens with zero attached hydrogens (tertiary/aromatic N) is 1. The first-order chi connectivity index (χ1) is 8.85. The van der Waals surface area contributed by atoms with Gasteiger partial charge in [0.25, 0.3) is 0 Å². The van der Waals surface area contributed by atoms with Gasteiger partial charge < -0.3 is 15.4 Å². The van der Waals surface area contributed by atoms with Gasteiger partial charge in [0, 0.05) is 6.04 Å². The molecule has 1 rings (SSSR count). The molecule has 0 radical (unpaired) electrons. The normalized spacial score (nSPS) is 17.3. The minimum absolute atomic E-state index is 0.0582. The standard InChI is InChI=1S/C13H22N2O3S/c1-9(2)15(8-10(16)18-3)12(17)13(11(14)19)6-4-5-7-13/h9H,4-8H2,1-3H3,(H2,14,19). The van der Waals surface area contributed by atoms with E-state index in [9.17, 15) is 9.59 Å². The number of rotatable bonds is 5. The third-order valence-electron chi connectivity index (χ3n) is 3.75. The van der Waals surface area contributed by atoms with Gasteiger partial charge >= 0.3 is 5.97 Å². The highest BCUT2D eigenvalue weighted by atomic mass is 32.1. The van der Waals surface area contributed by atoms with Crippen molar-refractivity contribution in [2.45, 2.75) is 45.6 Å². The molecule has 19 heavy (non-hydrogen) atoms. The Morgan fingerprint density at radius 1 is 1.37 bits per heavy atom. The third-order valence-corrected chi connectivity index (χ3v) is 4.14. The summed E-state index contributed by atoms with van der Waals surface area (Å²) in [6, 6.07) is -0.0987. The van der Waals surface area contributed by atoms with Crippen LogP contribution in [-0.2, 0) is 14.3 Å². The van der Waals surface area contributed by atoms with Gasteiger partial charge in [-0.1, -0.05) is 25.1 Å². The van der Waals surface area contributed by atoms with Gasteiger partial charge in [0.15, 0.2) is 0 Å². The summed E-state index contributed by atoms with van der Waals surface area (Å²) in [5.74, 6) is -0.573. The molecular weight excluding hydrogens is 264 g/mol. The fraction of sp³-hybridized carbons (Fsp3) is 0.769. The molecular formula is C13H22N2O3S. The molecule has 108 valence electrons. The molecule has 1 aliphatic rings. The zero-order valence-corrected chi connectivity index (χ0v) is 12.6. The van der Waals surface area contributed by atoms with Crippen LogP contribution in [0.15, 0.2) is 0 Å². The second-order valence-corrected chi connectivity index (χ2v) is 5.70. The lowest BCUT2D eigenvalue weighted by molar-refractivity contribution is -0.151. The highest BCUT2D eigenvalue weighted by molar-refractivity contribution is 7.80. The van der Waals surface area contributed by atoms with E-state index in [1.54, 1.807) is 0 Å². The van der Waals surface area contributed by atoms with Crippen molar-refractivity contribution >= 4 is 29.1 Å². The number of esters is 1. The quantitative estimate of drug-likeness (QED) is 0.608. The molecule has 0 heterocycles. The summed E-state index contributed by atoms with van der Waals surface area (Å²) < 4.78 is 4.64. The van der Waals surface area contributed by atoms with Gasteiger partial charge in [-0.15, -0.1) is 0 Å². The molecule has 2 N–H and O–H groups in total. The molecule has 0 aromatic rings. The lowest BCUT2D eigenvalue weighted by atomic mass is 9.84. The minimum atomic E-state index is -0.770. The second kappa shape index (κ2) is 6.32. The van der Waals surface area contributed by atoms with E-state index in [0.717, 1.165) is 12.8 Å². The van der Waals surface area contributed by atoms with Crippen LogP contribution in [0.2, 0.25) is 0 Å². The zero-order valence-electron chi connectivity index (χ0n) is 11.8. The summed E-state index contributed by atoms with van der Waals surface area (Å²) in [6.45, 7) is 3.67. The van der Waals surface area contributed by atoms with E-state index < -0.39 is 11.4 Å². The molecule has 0 saturated heterocycles. The lowest BCUT2D eigenvalue weighted by Gasteiger charge is -2.35. The Labute approximate surface area is 119 Å². The Balaban J connectivity index is 2.98. The van der Waals surface area contributed by atoms with E-state index in [0.29, 0.717) is 12.8 Å². The Hall–Kier alpha value is -1.17. The van der Waals surface area contributed by atoms with Crippen molar-refractivity contribution in [2.24, 2.45) is 11.1 Å². The largest absolute Gasteiger partial charge is 0.468 e. The smallest absolute Gasteiger partial charge is 0.325 e. The molecule has 0 bridgehead atoms. The minimum Gasteiger partial charge on any atom is -0.468 e. The zero-order chi connectivity index (χ0) is 14.6. The number of ether oxygens (including phenoxy) is 1. The van der Waals surface area contributed by atoms with Crippen LogP contribution in [0.3, 0.4) is 0 Å². The molecule has 1 aliphatic carbocycles. The number of hydrogen-bond acceptors (Lipinski definition) is 4.